The number of hydrogen-bond acceptors (Lipinski definition) is 4. The Morgan fingerprint density at radius 3 is 2.29 bits per heavy atom. The molecule has 1 aliphatic heterocycles. The van der Waals surface area contributed by atoms with Gasteiger partial charge >= 0.3 is 12.4 Å². The van der Waals surface area contributed by atoms with Crippen molar-refractivity contribution in [3.63, 3.8) is 0 Å². The Morgan fingerprint density at radius 1 is 1.06 bits per heavy atom. The van der Waals surface area contributed by atoms with Gasteiger partial charge in [0.15, 0.2) is 6.39 Å². The molecule has 0 bridgehead atoms. The quantitative estimate of drug-likeness (QED) is 0.422. The number of hydrogen-bond donors (Lipinski definition) is 1. The zero-order valence-corrected chi connectivity index (χ0v) is 19.2. The molecular weight excluding hydrogens is 474 g/mol. The third-order valence-corrected chi connectivity index (χ3v) is 6.87. The summed E-state index contributed by atoms with van der Waals surface area (Å²) in [4.78, 5) is 6.31. The van der Waals surface area contributed by atoms with Crippen molar-refractivity contribution in [2.75, 3.05) is 4.90 Å². The van der Waals surface area contributed by atoms with Crippen LogP contribution in [0.15, 0.2) is 59.5 Å². The topological polar surface area (TPSA) is 49.5 Å². The summed E-state index contributed by atoms with van der Waals surface area (Å²) in [5.74, 6) is 0. The van der Waals surface area contributed by atoms with Crippen molar-refractivity contribution in [1.82, 2.24) is 4.98 Å². The third kappa shape index (κ3) is 3.69. The van der Waals surface area contributed by atoms with Gasteiger partial charge in [-0.1, -0.05) is 43.3 Å². The number of fused-ring (bicyclic) bond motifs is 1. The van der Waals surface area contributed by atoms with Gasteiger partial charge in [-0.05, 0) is 49.4 Å². The average Bonchev–Trinajstić information content (AvgIpc) is 3.44. The van der Waals surface area contributed by atoms with Crippen molar-refractivity contribution >= 4 is 5.69 Å². The molecule has 4 rings (SSSR count). The van der Waals surface area contributed by atoms with Crippen LogP contribution in [-0.4, -0.2) is 28.5 Å². The number of alkyl halides is 6. The molecule has 1 N–H and O–H groups in total. The van der Waals surface area contributed by atoms with E-state index in [1.807, 2.05) is 49.9 Å². The molecule has 3 aromatic rings. The van der Waals surface area contributed by atoms with Gasteiger partial charge in [0, 0.05) is 17.3 Å². The zero-order chi connectivity index (χ0) is 25.8. The van der Waals surface area contributed by atoms with Crippen molar-refractivity contribution < 1.29 is 35.9 Å². The maximum absolute atomic E-state index is 13.5. The lowest BCUT2D eigenvalue weighted by Gasteiger charge is -2.44. The smallest absolute Gasteiger partial charge is 0.430 e. The monoisotopic (exact) mass is 498 g/mol. The van der Waals surface area contributed by atoms with E-state index in [9.17, 15) is 31.4 Å². The van der Waals surface area contributed by atoms with Gasteiger partial charge in [-0.3, -0.25) is 0 Å². The molecule has 0 saturated carbocycles. The predicted octanol–water partition coefficient (Wildman–Crippen LogP) is 6.26. The summed E-state index contributed by atoms with van der Waals surface area (Å²) in [6, 6.07) is 10.1. The highest BCUT2D eigenvalue weighted by Crippen LogP contribution is 2.52. The maximum Gasteiger partial charge on any atom is 0.430 e. The van der Waals surface area contributed by atoms with E-state index in [1.54, 1.807) is 0 Å². The van der Waals surface area contributed by atoms with Crippen LogP contribution in [0.4, 0.5) is 32.0 Å². The summed E-state index contributed by atoms with van der Waals surface area (Å²) in [5.41, 5.74) is -3.99. The normalized spacial score (nSPS) is 18.5. The molecule has 0 spiro atoms. The lowest BCUT2D eigenvalue weighted by Crippen LogP contribution is -2.54. The molecule has 2 aromatic carbocycles. The number of oxazole rings is 1. The Morgan fingerprint density at radius 2 is 1.71 bits per heavy atom. The van der Waals surface area contributed by atoms with E-state index in [1.165, 1.54) is 18.7 Å². The molecular formula is C25H24F6N2O2. The molecule has 2 atom stereocenters. The Kier molecular flexibility index (Phi) is 5.94. The SMILES string of the molecule is CCc1ccccc1C(C)(c1cocn1)N1c2ccc(C(O)(C(F)(F)F)C(F)(F)F)cc2CC1C. The van der Waals surface area contributed by atoms with Crippen LogP contribution in [0.2, 0.25) is 0 Å². The van der Waals surface area contributed by atoms with E-state index < -0.39 is 29.1 Å². The van der Waals surface area contributed by atoms with Crippen molar-refractivity contribution in [1.29, 1.82) is 0 Å². The fourth-order valence-electron chi connectivity index (χ4n) is 5.17. The van der Waals surface area contributed by atoms with Gasteiger partial charge in [0.1, 0.15) is 17.5 Å². The van der Waals surface area contributed by atoms with E-state index in [2.05, 4.69) is 4.98 Å². The third-order valence-electron chi connectivity index (χ3n) is 6.87. The summed E-state index contributed by atoms with van der Waals surface area (Å²) in [7, 11) is 0. The van der Waals surface area contributed by atoms with Crippen LogP contribution in [0.1, 0.15) is 48.7 Å². The fraction of sp³-hybridized carbons (Fsp3) is 0.400. The molecule has 0 aliphatic carbocycles. The van der Waals surface area contributed by atoms with E-state index in [0.29, 0.717) is 23.9 Å². The van der Waals surface area contributed by atoms with Gasteiger partial charge in [0.05, 0.1) is 0 Å². The summed E-state index contributed by atoms with van der Waals surface area (Å²) in [6.45, 7) is 5.73. The minimum Gasteiger partial charge on any atom is -0.451 e. The van der Waals surface area contributed by atoms with Crippen molar-refractivity contribution in [2.24, 2.45) is 0 Å². The molecule has 4 nitrogen and oxygen atoms in total. The number of rotatable bonds is 5. The number of aryl methyl sites for hydroxylation is 1. The highest BCUT2D eigenvalue weighted by molar-refractivity contribution is 5.66. The number of benzene rings is 2. The number of aromatic nitrogens is 1. The van der Waals surface area contributed by atoms with E-state index in [0.717, 1.165) is 17.2 Å². The van der Waals surface area contributed by atoms with Crippen LogP contribution in [-0.2, 0) is 24.0 Å². The van der Waals surface area contributed by atoms with Crippen molar-refractivity contribution in [3.8, 4) is 0 Å². The van der Waals surface area contributed by atoms with Crippen LogP contribution in [0.3, 0.4) is 0 Å². The van der Waals surface area contributed by atoms with E-state index >= 15 is 0 Å². The molecule has 1 aliphatic rings. The van der Waals surface area contributed by atoms with Crippen LogP contribution in [0.5, 0.6) is 0 Å². The second-order valence-corrected chi connectivity index (χ2v) is 8.93. The molecule has 0 fully saturated rings. The Bertz CT molecular complexity index is 1190. The van der Waals surface area contributed by atoms with E-state index in [-0.39, 0.29) is 18.0 Å². The highest BCUT2D eigenvalue weighted by Gasteiger charge is 2.71. The van der Waals surface area contributed by atoms with Gasteiger partial charge in [0.25, 0.3) is 5.60 Å². The largest absolute Gasteiger partial charge is 0.451 e. The first-order valence-corrected chi connectivity index (χ1v) is 11.0. The maximum atomic E-state index is 13.5. The van der Waals surface area contributed by atoms with Crippen LogP contribution < -0.4 is 4.90 Å². The van der Waals surface area contributed by atoms with Gasteiger partial charge < -0.3 is 14.4 Å². The first-order chi connectivity index (χ1) is 16.3. The summed E-state index contributed by atoms with van der Waals surface area (Å²) < 4.78 is 86.1. The molecule has 0 radical (unpaired) electrons. The van der Waals surface area contributed by atoms with Crippen molar-refractivity contribution in [2.45, 2.75) is 63.1 Å². The van der Waals surface area contributed by atoms with Gasteiger partial charge in [-0.2, -0.15) is 26.3 Å². The lowest BCUT2D eigenvalue weighted by atomic mass is 9.82. The van der Waals surface area contributed by atoms with Crippen LogP contribution >= 0.6 is 0 Å². The molecule has 2 heterocycles. The second kappa shape index (κ2) is 8.29. The highest BCUT2D eigenvalue weighted by atomic mass is 19.4. The second-order valence-electron chi connectivity index (χ2n) is 8.93. The number of nitrogens with zero attached hydrogens (tertiary/aromatic N) is 2. The minimum absolute atomic E-state index is 0.177. The summed E-state index contributed by atoms with van der Waals surface area (Å²) in [6.07, 6.45) is -8.26. The lowest BCUT2D eigenvalue weighted by molar-refractivity contribution is -0.376. The molecule has 1 aromatic heterocycles. The predicted molar refractivity (Wildman–Crippen MR) is 117 cm³/mol. The number of anilines is 1. The van der Waals surface area contributed by atoms with E-state index in [4.69, 9.17) is 4.42 Å². The first kappa shape index (κ1) is 25.1. The molecule has 35 heavy (non-hydrogen) atoms. The van der Waals surface area contributed by atoms with Crippen molar-refractivity contribution in [3.05, 3.63) is 83.1 Å². The first-order valence-electron chi connectivity index (χ1n) is 11.0. The number of halogens is 6. The van der Waals surface area contributed by atoms with Crippen LogP contribution in [0.25, 0.3) is 0 Å². The number of aliphatic hydroxyl groups is 1. The molecule has 0 saturated heterocycles. The van der Waals surface area contributed by atoms with Gasteiger partial charge in [-0.15, -0.1) is 0 Å². The zero-order valence-electron chi connectivity index (χ0n) is 19.2. The summed E-state index contributed by atoms with van der Waals surface area (Å²) >= 11 is 0. The molecule has 0 amide bonds. The standard InChI is InChI=1S/C25H24F6N2O2/c1-4-16-7-5-6-8-19(16)22(3,21-13-35-14-32-21)33-15(2)11-17-12-18(9-10-20(17)33)23(34,24(26,27)28)25(29,30)31/h5-10,12-15,34H,4,11H2,1-3H3. The van der Waals surface area contributed by atoms with Crippen LogP contribution in [0, 0.1) is 0 Å². The molecule has 2 unspecified atom stereocenters. The molecule has 188 valence electrons. The fourth-order valence-corrected chi connectivity index (χ4v) is 5.17. The Labute approximate surface area is 198 Å². The van der Waals surface area contributed by atoms with Gasteiger partial charge in [0.2, 0.25) is 0 Å². The average molecular weight is 498 g/mol. The Balaban J connectivity index is 1.91. The van der Waals surface area contributed by atoms with Gasteiger partial charge in [-0.25, -0.2) is 4.98 Å². The minimum atomic E-state index is -5.95. The summed E-state index contributed by atoms with van der Waals surface area (Å²) in [5, 5.41) is 9.89. The Hall–Kier alpha value is -3.01. The molecule has 10 heteroatoms.